The Kier molecular flexibility index (Phi) is 4.37. The van der Waals surface area contributed by atoms with Crippen LogP contribution in [0.15, 0.2) is 0 Å². The van der Waals surface area contributed by atoms with Gasteiger partial charge in [0.1, 0.15) is 0 Å². The highest BCUT2D eigenvalue weighted by atomic mass is 28.4. The molecule has 0 aliphatic heterocycles. The van der Waals surface area contributed by atoms with Crippen LogP contribution in [0.2, 0.25) is 32.7 Å². The minimum absolute atomic E-state index is 1.04. The van der Waals surface area contributed by atoms with Crippen LogP contribution in [0.25, 0.3) is 0 Å². The third kappa shape index (κ3) is 6.60. The smallest absolute Gasteiger partial charge is 0.486 e. The highest BCUT2D eigenvalue weighted by Gasteiger charge is 2.28. The SMILES string of the molecule is C[Si](=O)O[Si](C)(C)O[SiH](C)C. The summed E-state index contributed by atoms with van der Waals surface area (Å²) in [6, 6.07) is 0. The van der Waals surface area contributed by atoms with Crippen molar-refractivity contribution in [3.05, 3.63) is 0 Å². The van der Waals surface area contributed by atoms with Gasteiger partial charge in [-0.15, -0.1) is 0 Å². The Morgan fingerprint density at radius 2 is 1.82 bits per heavy atom. The van der Waals surface area contributed by atoms with E-state index in [0.717, 1.165) is 0 Å². The first-order valence-corrected chi connectivity index (χ1v) is 11.1. The van der Waals surface area contributed by atoms with Gasteiger partial charge >= 0.3 is 17.5 Å². The summed E-state index contributed by atoms with van der Waals surface area (Å²) < 4.78 is 21.6. The molecule has 0 aromatic heterocycles. The van der Waals surface area contributed by atoms with Gasteiger partial charge in [-0.05, 0) is 26.2 Å². The molecule has 0 radical (unpaired) electrons. The molecule has 0 fully saturated rings. The Hall–Kier alpha value is 0.211. The van der Waals surface area contributed by atoms with E-state index in [4.69, 9.17) is 8.23 Å². The molecule has 0 aliphatic carbocycles. The minimum Gasteiger partial charge on any atom is -0.560 e. The van der Waals surface area contributed by atoms with Crippen molar-refractivity contribution in [2.45, 2.75) is 32.7 Å². The van der Waals surface area contributed by atoms with Crippen molar-refractivity contribution in [2.75, 3.05) is 0 Å². The fourth-order valence-corrected chi connectivity index (χ4v) is 8.87. The van der Waals surface area contributed by atoms with Crippen LogP contribution in [-0.2, 0) is 12.7 Å². The monoisotopic (exact) mass is 208 g/mol. The third-order valence-corrected chi connectivity index (χ3v) is 8.18. The lowest BCUT2D eigenvalue weighted by Crippen LogP contribution is -2.40. The molecule has 3 nitrogen and oxygen atoms in total. The van der Waals surface area contributed by atoms with Gasteiger partial charge in [0.05, 0.1) is 0 Å². The molecule has 0 unspecified atom stereocenters. The molecule has 6 heteroatoms. The molecular formula is C5H16O3Si3. The third-order valence-electron chi connectivity index (χ3n) is 0.909. The van der Waals surface area contributed by atoms with Gasteiger partial charge in [-0.25, -0.2) is 0 Å². The molecule has 0 amide bonds. The Bertz CT molecular complexity index is 146. The largest absolute Gasteiger partial charge is 0.560 e. The van der Waals surface area contributed by atoms with Crippen molar-refractivity contribution in [1.82, 2.24) is 0 Å². The van der Waals surface area contributed by atoms with Crippen LogP contribution in [0.1, 0.15) is 0 Å². The predicted molar refractivity (Wildman–Crippen MR) is 50.8 cm³/mol. The molecule has 0 rings (SSSR count). The maximum Gasteiger partial charge on any atom is 0.486 e. The van der Waals surface area contributed by atoms with Gasteiger partial charge in [-0.1, -0.05) is 0 Å². The molecule has 0 saturated carbocycles. The molecule has 0 atom stereocenters. The van der Waals surface area contributed by atoms with Crippen LogP contribution in [0.4, 0.5) is 0 Å². The van der Waals surface area contributed by atoms with Crippen molar-refractivity contribution < 1.29 is 12.7 Å². The van der Waals surface area contributed by atoms with Crippen LogP contribution in [0.5, 0.6) is 0 Å². The molecule has 0 aromatic carbocycles. The second-order valence-electron chi connectivity index (χ2n) is 3.16. The van der Waals surface area contributed by atoms with E-state index in [-0.39, 0.29) is 0 Å². The van der Waals surface area contributed by atoms with Gasteiger partial charge < -0.3 is 12.7 Å². The van der Waals surface area contributed by atoms with Gasteiger partial charge in [-0.2, -0.15) is 0 Å². The minimum atomic E-state index is -2.03. The van der Waals surface area contributed by atoms with Crippen molar-refractivity contribution in [2.24, 2.45) is 0 Å². The molecule has 11 heavy (non-hydrogen) atoms. The number of rotatable bonds is 4. The first kappa shape index (κ1) is 11.2. The van der Waals surface area contributed by atoms with Gasteiger partial charge in [0.25, 0.3) is 0 Å². The maximum atomic E-state index is 10.8. The van der Waals surface area contributed by atoms with E-state index in [9.17, 15) is 4.46 Å². The summed E-state index contributed by atoms with van der Waals surface area (Å²) in [6.07, 6.45) is 0. The van der Waals surface area contributed by atoms with E-state index in [2.05, 4.69) is 13.1 Å². The summed E-state index contributed by atoms with van der Waals surface area (Å²) in [5, 5.41) is 0. The Morgan fingerprint density at radius 3 is 2.09 bits per heavy atom. The van der Waals surface area contributed by atoms with E-state index in [1.807, 2.05) is 13.1 Å². The van der Waals surface area contributed by atoms with E-state index in [0.29, 0.717) is 0 Å². The molecule has 66 valence electrons. The normalized spacial score (nSPS) is 11.8. The summed E-state index contributed by atoms with van der Waals surface area (Å²) >= 11 is 0. The predicted octanol–water partition coefficient (Wildman–Crippen LogP) is 1.25. The summed E-state index contributed by atoms with van der Waals surface area (Å²) in [7, 11) is -4.90. The fourth-order valence-electron chi connectivity index (χ4n) is 0.938. The van der Waals surface area contributed by atoms with Gasteiger partial charge in [-0.3, -0.25) is 0 Å². The lowest BCUT2D eigenvalue weighted by atomic mass is 11.9. The van der Waals surface area contributed by atoms with Crippen molar-refractivity contribution >= 4 is 26.5 Å². The molecule has 0 aromatic rings. The highest BCUT2D eigenvalue weighted by molar-refractivity contribution is 6.76. The Balaban J connectivity index is 3.89. The first-order valence-electron chi connectivity index (χ1n) is 3.71. The van der Waals surface area contributed by atoms with Crippen LogP contribution in [0.3, 0.4) is 0 Å². The fraction of sp³-hybridized carbons (Fsp3) is 1.00. The van der Waals surface area contributed by atoms with E-state index < -0.39 is 26.5 Å². The number of hydrogen-bond acceptors (Lipinski definition) is 3. The van der Waals surface area contributed by atoms with E-state index >= 15 is 0 Å². The van der Waals surface area contributed by atoms with Crippen LogP contribution in [-0.4, -0.2) is 26.5 Å². The van der Waals surface area contributed by atoms with Crippen LogP contribution >= 0.6 is 0 Å². The van der Waals surface area contributed by atoms with Crippen molar-refractivity contribution in [3.8, 4) is 0 Å². The standard InChI is InChI=1S/C5H16O3Si3/c1-9(2)7-11(4,5)8-10(3)6/h9H,1-5H3. The molecule has 0 aliphatic rings. The maximum absolute atomic E-state index is 10.8. The molecule has 0 bridgehead atoms. The van der Waals surface area contributed by atoms with Crippen molar-refractivity contribution in [1.29, 1.82) is 0 Å². The quantitative estimate of drug-likeness (QED) is 0.653. The van der Waals surface area contributed by atoms with Crippen LogP contribution < -0.4 is 0 Å². The van der Waals surface area contributed by atoms with E-state index in [1.54, 1.807) is 6.55 Å². The summed E-state index contributed by atoms with van der Waals surface area (Å²) in [5.41, 5.74) is 0. The molecule has 0 saturated heterocycles. The first-order chi connectivity index (χ1) is 4.83. The zero-order chi connectivity index (χ0) is 9.07. The van der Waals surface area contributed by atoms with Gasteiger partial charge in [0.2, 0.25) is 0 Å². The lowest BCUT2D eigenvalue weighted by Gasteiger charge is -2.24. The Labute approximate surface area is 72.5 Å². The summed E-state index contributed by atoms with van der Waals surface area (Å²) in [6.45, 7) is 9.65. The zero-order valence-corrected chi connectivity index (χ0v) is 11.0. The van der Waals surface area contributed by atoms with Crippen molar-refractivity contribution in [3.63, 3.8) is 0 Å². The van der Waals surface area contributed by atoms with Gasteiger partial charge in [0, 0.05) is 6.55 Å². The average Bonchev–Trinajstić information content (AvgIpc) is 1.53. The molecular weight excluding hydrogens is 192 g/mol. The van der Waals surface area contributed by atoms with Gasteiger partial charge in [0.15, 0.2) is 9.04 Å². The second kappa shape index (κ2) is 4.29. The van der Waals surface area contributed by atoms with Crippen LogP contribution in [0, 0.1) is 0 Å². The summed E-state index contributed by atoms with van der Waals surface area (Å²) in [4.78, 5) is 0. The lowest BCUT2D eigenvalue weighted by molar-refractivity contribution is 0.380. The average molecular weight is 208 g/mol. The second-order valence-corrected chi connectivity index (χ2v) is 10.8. The summed E-state index contributed by atoms with van der Waals surface area (Å²) in [5.74, 6) is 0. The molecule has 0 N–H and O–H groups in total. The number of hydrogen-bond donors (Lipinski definition) is 0. The zero-order valence-electron chi connectivity index (χ0n) is 7.80. The molecule has 0 heterocycles. The topological polar surface area (TPSA) is 35.5 Å². The molecule has 0 spiro atoms. The Morgan fingerprint density at radius 1 is 1.36 bits per heavy atom. The van der Waals surface area contributed by atoms with E-state index in [1.165, 1.54) is 0 Å². The highest BCUT2D eigenvalue weighted by Crippen LogP contribution is 2.07.